The van der Waals surface area contributed by atoms with Gasteiger partial charge in [-0.25, -0.2) is 4.79 Å². The highest BCUT2D eigenvalue weighted by molar-refractivity contribution is 5.96. The zero-order chi connectivity index (χ0) is 17.8. The molecule has 1 aliphatic rings. The third-order valence-electron chi connectivity index (χ3n) is 4.34. The van der Waals surface area contributed by atoms with Crippen LogP contribution >= 0.6 is 0 Å². The Hall–Kier alpha value is -2.37. The molecule has 25 heavy (non-hydrogen) atoms. The van der Waals surface area contributed by atoms with Crippen LogP contribution in [0.3, 0.4) is 0 Å². The molecule has 2 aromatic rings. The van der Waals surface area contributed by atoms with Crippen molar-refractivity contribution in [1.29, 1.82) is 0 Å². The molecule has 0 atom stereocenters. The average molecular weight is 340 g/mol. The van der Waals surface area contributed by atoms with E-state index in [9.17, 15) is 9.90 Å². The highest BCUT2D eigenvalue weighted by Gasteiger charge is 2.19. The van der Waals surface area contributed by atoms with Crippen molar-refractivity contribution in [2.45, 2.75) is 6.54 Å². The fraction of sp³-hybridized carbons (Fsp3) is 0.350. The summed E-state index contributed by atoms with van der Waals surface area (Å²) in [5.74, 6) is -0.896. The van der Waals surface area contributed by atoms with Crippen molar-refractivity contribution in [1.82, 2.24) is 4.90 Å². The van der Waals surface area contributed by atoms with Crippen molar-refractivity contribution in [2.75, 3.05) is 45.3 Å². The molecule has 5 nitrogen and oxygen atoms in total. The van der Waals surface area contributed by atoms with Crippen LogP contribution in [-0.2, 0) is 11.3 Å². The first-order chi connectivity index (χ1) is 12.0. The van der Waals surface area contributed by atoms with Crippen LogP contribution in [0.4, 0.5) is 5.69 Å². The second kappa shape index (κ2) is 7.68. The third-order valence-corrected chi connectivity index (χ3v) is 4.34. The summed E-state index contributed by atoms with van der Waals surface area (Å²) in [6, 6.07) is 14.0. The van der Waals surface area contributed by atoms with Crippen LogP contribution in [0.2, 0.25) is 0 Å². The second-order valence-corrected chi connectivity index (χ2v) is 6.57. The van der Waals surface area contributed by atoms with Gasteiger partial charge in [-0.05, 0) is 49.0 Å². The molecule has 1 heterocycles. The van der Waals surface area contributed by atoms with Crippen molar-refractivity contribution in [3.05, 3.63) is 53.6 Å². The molecule has 1 aliphatic heterocycles. The van der Waals surface area contributed by atoms with Gasteiger partial charge in [0.15, 0.2) is 0 Å². The van der Waals surface area contributed by atoms with Gasteiger partial charge in [0.05, 0.1) is 24.5 Å². The number of nitrogens with zero attached hydrogens (tertiary/aromatic N) is 2. The van der Waals surface area contributed by atoms with Crippen molar-refractivity contribution in [3.8, 4) is 11.1 Å². The highest BCUT2D eigenvalue weighted by Crippen LogP contribution is 2.29. The molecule has 2 aromatic carbocycles. The SMILES string of the molecule is CN(C)Cc1cccc(-c2ccc(N3CCOCC3)c(C(=O)O)c2)c1. The summed E-state index contributed by atoms with van der Waals surface area (Å²) in [6.45, 7) is 3.56. The topological polar surface area (TPSA) is 53.0 Å². The summed E-state index contributed by atoms with van der Waals surface area (Å²) in [6.07, 6.45) is 0. The number of aromatic carboxylic acids is 1. The second-order valence-electron chi connectivity index (χ2n) is 6.57. The van der Waals surface area contributed by atoms with E-state index >= 15 is 0 Å². The molecule has 0 saturated carbocycles. The maximum atomic E-state index is 11.8. The lowest BCUT2D eigenvalue weighted by atomic mass is 9.99. The number of benzene rings is 2. The number of carboxylic acid groups (broad SMARTS) is 1. The van der Waals surface area contributed by atoms with Crippen molar-refractivity contribution < 1.29 is 14.6 Å². The molecule has 0 unspecified atom stereocenters. The van der Waals surface area contributed by atoms with Crippen LogP contribution in [0, 0.1) is 0 Å². The van der Waals surface area contributed by atoms with Crippen molar-refractivity contribution >= 4 is 11.7 Å². The molecule has 132 valence electrons. The van der Waals surface area contributed by atoms with Gasteiger partial charge in [0.1, 0.15) is 0 Å². The Morgan fingerprint density at radius 2 is 1.84 bits per heavy atom. The summed E-state index contributed by atoms with van der Waals surface area (Å²) in [5, 5.41) is 9.68. The van der Waals surface area contributed by atoms with Gasteiger partial charge in [-0.3, -0.25) is 0 Å². The Morgan fingerprint density at radius 1 is 1.12 bits per heavy atom. The zero-order valence-electron chi connectivity index (χ0n) is 14.7. The first-order valence-electron chi connectivity index (χ1n) is 8.48. The summed E-state index contributed by atoms with van der Waals surface area (Å²) in [7, 11) is 4.07. The van der Waals surface area contributed by atoms with Crippen molar-refractivity contribution in [3.63, 3.8) is 0 Å². The van der Waals surface area contributed by atoms with Gasteiger partial charge in [0, 0.05) is 19.6 Å². The molecule has 0 spiro atoms. The number of ether oxygens (including phenoxy) is 1. The van der Waals surface area contributed by atoms with E-state index in [1.54, 1.807) is 6.07 Å². The molecule has 0 radical (unpaired) electrons. The van der Waals surface area contributed by atoms with E-state index in [4.69, 9.17) is 4.74 Å². The maximum Gasteiger partial charge on any atom is 0.337 e. The Balaban J connectivity index is 1.95. The molecule has 0 aliphatic carbocycles. The van der Waals surface area contributed by atoms with Gasteiger partial charge >= 0.3 is 5.97 Å². The first kappa shape index (κ1) is 17.5. The molecule has 1 saturated heterocycles. The smallest absolute Gasteiger partial charge is 0.337 e. The van der Waals surface area contributed by atoms with E-state index in [0.29, 0.717) is 18.8 Å². The molecule has 1 N–H and O–H groups in total. The van der Waals surface area contributed by atoms with E-state index in [1.807, 2.05) is 38.4 Å². The number of morpholine rings is 1. The quantitative estimate of drug-likeness (QED) is 0.907. The van der Waals surface area contributed by atoms with Crippen LogP contribution in [0.15, 0.2) is 42.5 Å². The zero-order valence-corrected chi connectivity index (χ0v) is 14.7. The number of anilines is 1. The minimum Gasteiger partial charge on any atom is -0.478 e. The predicted molar refractivity (Wildman–Crippen MR) is 99.3 cm³/mol. The highest BCUT2D eigenvalue weighted by atomic mass is 16.5. The molecule has 3 rings (SSSR count). The lowest BCUT2D eigenvalue weighted by Crippen LogP contribution is -2.37. The van der Waals surface area contributed by atoms with Crippen LogP contribution in [0.1, 0.15) is 15.9 Å². The van der Waals surface area contributed by atoms with Crippen LogP contribution in [0.5, 0.6) is 0 Å². The van der Waals surface area contributed by atoms with Gasteiger partial charge in [-0.15, -0.1) is 0 Å². The Labute approximate surface area is 148 Å². The average Bonchev–Trinajstić information content (AvgIpc) is 2.61. The van der Waals surface area contributed by atoms with Crippen LogP contribution in [-0.4, -0.2) is 56.4 Å². The minimum absolute atomic E-state index is 0.345. The molecule has 0 aromatic heterocycles. The van der Waals surface area contributed by atoms with Gasteiger partial charge in [-0.1, -0.05) is 24.3 Å². The predicted octanol–water partition coefficient (Wildman–Crippen LogP) is 2.95. The fourth-order valence-corrected chi connectivity index (χ4v) is 3.18. The number of carboxylic acids is 1. The van der Waals surface area contributed by atoms with E-state index in [1.165, 1.54) is 5.56 Å². The summed E-state index contributed by atoms with van der Waals surface area (Å²) >= 11 is 0. The van der Waals surface area contributed by atoms with Gasteiger partial charge < -0.3 is 19.6 Å². The summed E-state index contributed by atoms with van der Waals surface area (Å²) < 4.78 is 5.37. The minimum atomic E-state index is -0.896. The Morgan fingerprint density at radius 3 is 2.52 bits per heavy atom. The van der Waals surface area contributed by atoms with Crippen LogP contribution in [0.25, 0.3) is 11.1 Å². The van der Waals surface area contributed by atoms with Crippen molar-refractivity contribution in [2.24, 2.45) is 0 Å². The van der Waals surface area contributed by atoms with Gasteiger partial charge in [0.25, 0.3) is 0 Å². The molecule has 5 heteroatoms. The monoisotopic (exact) mass is 340 g/mol. The lowest BCUT2D eigenvalue weighted by molar-refractivity contribution is 0.0696. The third kappa shape index (κ3) is 4.18. The largest absolute Gasteiger partial charge is 0.478 e. The number of carbonyl (C=O) groups is 1. The molecule has 0 bridgehead atoms. The standard InChI is InChI=1S/C20H24N2O3/c1-21(2)14-15-4-3-5-16(12-15)17-6-7-19(18(13-17)20(23)24)22-8-10-25-11-9-22/h3-7,12-13H,8-11,14H2,1-2H3,(H,23,24). The molecular weight excluding hydrogens is 316 g/mol. The Bertz CT molecular complexity index is 752. The number of hydrogen-bond donors (Lipinski definition) is 1. The summed E-state index contributed by atoms with van der Waals surface area (Å²) in [4.78, 5) is 16.0. The normalized spacial score (nSPS) is 14.8. The first-order valence-corrected chi connectivity index (χ1v) is 8.48. The van der Waals surface area contributed by atoms with E-state index < -0.39 is 5.97 Å². The Kier molecular flexibility index (Phi) is 5.36. The molecule has 0 amide bonds. The number of hydrogen-bond acceptors (Lipinski definition) is 4. The molecule has 1 fully saturated rings. The number of rotatable bonds is 5. The van der Waals surface area contributed by atoms with Gasteiger partial charge in [-0.2, -0.15) is 0 Å². The maximum absolute atomic E-state index is 11.8. The summed E-state index contributed by atoms with van der Waals surface area (Å²) in [5.41, 5.74) is 4.28. The fourth-order valence-electron chi connectivity index (χ4n) is 3.18. The van der Waals surface area contributed by atoms with E-state index in [0.717, 1.165) is 36.4 Å². The lowest BCUT2D eigenvalue weighted by Gasteiger charge is -2.30. The van der Waals surface area contributed by atoms with Gasteiger partial charge in [0.2, 0.25) is 0 Å². The molecular formula is C20H24N2O3. The van der Waals surface area contributed by atoms with Crippen LogP contribution < -0.4 is 4.90 Å². The van der Waals surface area contributed by atoms with E-state index in [2.05, 4.69) is 21.9 Å². The van der Waals surface area contributed by atoms with E-state index in [-0.39, 0.29) is 0 Å².